The van der Waals surface area contributed by atoms with E-state index in [1.165, 1.54) is 24.9 Å². The monoisotopic (exact) mass is 236 g/mol. The second kappa shape index (κ2) is 5.19. The second-order valence-electron chi connectivity index (χ2n) is 5.19. The van der Waals surface area contributed by atoms with Gasteiger partial charge in [0, 0.05) is 37.4 Å². The molecule has 1 aliphatic rings. The molecule has 0 amide bonds. The van der Waals surface area contributed by atoms with Crippen LogP contribution in [0.15, 0.2) is 6.20 Å². The predicted molar refractivity (Wildman–Crippen MR) is 70.0 cm³/mol. The van der Waals surface area contributed by atoms with E-state index in [1.54, 1.807) is 0 Å². The summed E-state index contributed by atoms with van der Waals surface area (Å²) in [5.74, 6) is 0. The number of nitrogens with zero attached hydrogens (tertiary/aromatic N) is 3. The van der Waals surface area contributed by atoms with Gasteiger partial charge in [-0.25, -0.2) is 0 Å². The molecule has 17 heavy (non-hydrogen) atoms. The van der Waals surface area contributed by atoms with Crippen LogP contribution in [0.25, 0.3) is 0 Å². The van der Waals surface area contributed by atoms with E-state index in [-0.39, 0.29) is 0 Å². The van der Waals surface area contributed by atoms with Crippen molar-refractivity contribution in [1.29, 1.82) is 0 Å². The van der Waals surface area contributed by atoms with Gasteiger partial charge < -0.3 is 5.32 Å². The standard InChI is InChI=1S/C13H24N4/c1-10-13(9-16(3)15-10)11(2)17(4)12-6-5-7-14-8-12/h9,11-12,14H,5-8H2,1-4H3. The Hall–Kier alpha value is -0.870. The minimum atomic E-state index is 0.439. The van der Waals surface area contributed by atoms with Gasteiger partial charge in [-0.05, 0) is 40.3 Å². The van der Waals surface area contributed by atoms with Gasteiger partial charge in [0.1, 0.15) is 0 Å². The lowest BCUT2D eigenvalue weighted by molar-refractivity contribution is 0.156. The third-order valence-corrected chi connectivity index (χ3v) is 3.96. The molecule has 2 unspecified atom stereocenters. The summed E-state index contributed by atoms with van der Waals surface area (Å²) in [6.07, 6.45) is 4.73. The fraction of sp³-hybridized carbons (Fsp3) is 0.769. The third kappa shape index (κ3) is 2.69. The maximum Gasteiger partial charge on any atom is 0.0641 e. The Morgan fingerprint density at radius 3 is 2.88 bits per heavy atom. The van der Waals surface area contributed by atoms with Crippen LogP contribution in [0.4, 0.5) is 0 Å². The van der Waals surface area contributed by atoms with Gasteiger partial charge in [0.25, 0.3) is 0 Å². The molecule has 2 heterocycles. The normalized spacial score (nSPS) is 23.0. The molecule has 1 saturated heterocycles. The van der Waals surface area contributed by atoms with Crippen LogP contribution in [0.2, 0.25) is 0 Å². The molecule has 0 aromatic carbocycles. The van der Waals surface area contributed by atoms with Gasteiger partial charge in [-0.1, -0.05) is 0 Å². The van der Waals surface area contributed by atoms with E-state index in [9.17, 15) is 0 Å². The summed E-state index contributed by atoms with van der Waals surface area (Å²) in [5, 5.41) is 7.91. The number of nitrogens with one attached hydrogen (secondary N) is 1. The summed E-state index contributed by atoms with van der Waals surface area (Å²) < 4.78 is 1.91. The van der Waals surface area contributed by atoms with Crippen LogP contribution in [0.1, 0.15) is 37.1 Å². The largest absolute Gasteiger partial charge is 0.315 e. The zero-order valence-corrected chi connectivity index (χ0v) is 11.4. The van der Waals surface area contributed by atoms with Crippen LogP contribution in [0.5, 0.6) is 0 Å². The highest BCUT2D eigenvalue weighted by atomic mass is 15.3. The van der Waals surface area contributed by atoms with Crippen molar-refractivity contribution in [2.75, 3.05) is 20.1 Å². The molecule has 2 atom stereocenters. The zero-order valence-electron chi connectivity index (χ0n) is 11.4. The Bertz CT molecular complexity index is 365. The van der Waals surface area contributed by atoms with Crippen molar-refractivity contribution < 1.29 is 0 Å². The van der Waals surface area contributed by atoms with Gasteiger partial charge in [-0.2, -0.15) is 5.10 Å². The first-order valence-electron chi connectivity index (χ1n) is 6.52. The van der Waals surface area contributed by atoms with E-state index < -0.39 is 0 Å². The van der Waals surface area contributed by atoms with Crippen LogP contribution in [0.3, 0.4) is 0 Å². The molecule has 96 valence electrons. The van der Waals surface area contributed by atoms with Crippen LogP contribution < -0.4 is 5.32 Å². The average molecular weight is 236 g/mol. The number of piperidine rings is 1. The molecule has 1 fully saturated rings. The summed E-state index contributed by atoms with van der Waals surface area (Å²) >= 11 is 0. The molecule has 4 nitrogen and oxygen atoms in total. The Kier molecular flexibility index (Phi) is 3.84. The van der Waals surface area contributed by atoms with Gasteiger partial charge >= 0.3 is 0 Å². The number of aryl methyl sites for hydroxylation is 2. The van der Waals surface area contributed by atoms with Gasteiger partial charge in [-0.15, -0.1) is 0 Å². The second-order valence-corrected chi connectivity index (χ2v) is 5.19. The Labute approximate surface area is 104 Å². The van der Waals surface area contributed by atoms with Crippen molar-refractivity contribution >= 4 is 0 Å². The third-order valence-electron chi connectivity index (χ3n) is 3.96. The van der Waals surface area contributed by atoms with E-state index >= 15 is 0 Å². The Morgan fingerprint density at radius 1 is 1.59 bits per heavy atom. The van der Waals surface area contributed by atoms with E-state index in [0.29, 0.717) is 12.1 Å². The van der Waals surface area contributed by atoms with Gasteiger partial charge in [0.2, 0.25) is 0 Å². The molecule has 0 radical (unpaired) electrons. The number of hydrogen-bond acceptors (Lipinski definition) is 3. The summed E-state index contributed by atoms with van der Waals surface area (Å²) in [4.78, 5) is 2.48. The number of hydrogen-bond donors (Lipinski definition) is 1. The maximum atomic E-state index is 4.43. The lowest BCUT2D eigenvalue weighted by atomic mass is 10.0. The minimum Gasteiger partial charge on any atom is -0.315 e. The number of likely N-dealkylation sites (N-methyl/N-ethyl adjacent to an activating group) is 1. The Balaban J connectivity index is 2.08. The van der Waals surface area contributed by atoms with Crippen LogP contribution in [-0.4, -0.2) is 40.9 Å². The molecule has 0 aliphatic carbocycles. The van der Waals surface area contributed by atoms with Crippen molar-refractivity contribution in [3.8, 4) is 0 Å². The average Bonchev–Trinajstić information content (AvgIpc) is 2.68. The molecule has 1 aliphatic heterocycles. The smallest absolute Gasteiger partial charge is 0.0641 e. The van der Waals surface area contributed by atoms with Crippen molar-refractivity contribution in [3.05, 3.63) is 17.5 Å². The summed E-state index contributed by atoms with van der Waals surface area (Å²) in [5.41, 5.74) is 2.50. The van der Waals surface area contributed by atoms with Gasteiger partial charge in [0.15, 0.2) is 0 Å². The number of rotatable bonds is 3. The zero-order chi connectivity index (χ0) is 12.4. The van der Waals surface area contributed by atoms with Crippen molar-refractivity contribution in [2.24, 2.45) is 7.05 Å². The first kappa shape index (κ1) is 12.6. The molecule has 0 saturated carbocycles. The predicted octanol–water partition coefficient (Wildman–Crippen LogP) is 1.47. The molecule has 1 aromatic heterocycles. The quantitative estimate of drug-likeness (QED) is 0.863. The fourth-order valence-corrected chi connectivity index (χ4v) is 2.74. The van der Waals surface area contributed by atoms with E-state index in [2.05, 4.69) is 42.4 Å². The van der Waals surface area contributed by atoms with Crippen LogP contribution >= 0.6 is 0 Å². The maximum absolute atomic E-state index is 4.43. The molecule has 1 aromatic rings. The van der Waals surface area contributed by atoms with Crippen LogP contribution in [0, 0.1) is 6.92 Å². The van der Waals surface area contributed by atoms with E-state index in [0.717, 1.165) is 12.2 Å². The molecule has 2 rings (SSSR count). The van der Waals surface area contributed by atoms with Gasteiger partial charge in [-0.3, -0.25) is 9.58 Å². The topological polar surface area (TPSA) is 33.1 Å². The van der Waals surface area contributed by atoms with Crippen LogP contribution in [-0.2, 0) is 7.05 Å². The highest BCUT2D eigenvalue weighted by molar-refractivity contribution is 5.19. The molecular formula is C13H24N4. The summed E-state index contributed by atoms with van der Waals surface area (Å²) in [7, 11) is 4.22. The molecule has 0 spiro atoms. The SMILES string of the molecule is Cc1nn(C)cc1C(C)N(C)C1CCCNC1. The van der Waals surface area contributed by atoms with Crippen molar-refractivity contribution in [3.63, 3.8) is 0 Å². The van der Waals surface area contributed by atoms with Crippen molar-refractivity contribution in [1.82, 2.24) is 20.0 Å². The van der Waals surface area contributed by atoms with Gasteiger partial charge in [0.05, 0.1) is 5.69 Å². The van der Waals surface area contributed by atoms with E-state index in [1.807, 2.05) is 11.7 Å². The highest BCUT2D eigenvalue weighted by Gasteiger charge is 2.24. The Morgan fingerprint density at radius 2 is 2.35 bits per heavy atom. The fourth-order valence-electron chi connectivity index (χ4n) is 2.74. The molecule has 0 bridgehead atoms. The molecular weight excluding hydrogens is 212 g/mol. The lowest BCUT2D eigenvalue weighted by Gasteiger charge is -2.35. The molecule has 4 heteroatoms. The van der Waals surface area contributed by atoms with E-state index in [4.69, 9.17) is 0 Å². The lowest BCUT2D eigenvalue weighted by Crippen LogP contribution is -2.45. The first-order valence-corrected chi connectivity index (χ1v) is 6.52. The van der Waals surface area contributed by atoms with Crippen molar-refractivity contribution in [2.45, 2.75) is 38.8 Å². The molecule has 1 N–H and O–H groups in total. The summed E-state index contributed by atoms with van der Waals surface area (Å²) in [6.45, 7) is 6.65. The number of aromatic nitrogens is 2. The summed E-state index contributed by atoms with van der Waals surface area (Å²) in [6, 6.07) is 1.09. The minimum absolute atomic E-state index is 0.439. The highest BCUT2D eigenvalue weighted by Crippen LogP contribution is 2.25. The first-order chi connectivity index (χ1) is 8.09.